The maximum atomic E-state index is 12.6. The van der Waals surface area contributed by atoms with E-state index in [0.717, 1.165) is 42.9 Å². The topological polar surface area (TPSA) is 109 Å². The van der Waals surface area contributed by atoms with Crippen molar-refractivity contribution in [1.29, 1.82) is 0 Å². The number of carbonyl (C=O) groups excluding carboxylic acids is 2. The van der Waals surface area contributed by atoms with Gasteiger partial charge in [-0.1, -0.05) is 0 Å². The second-order valence-electron chi connectivity index (χ2n) is 9.68. The number of hydrogen-bond donors (Lipinski definition) is 2. The number of piperidine rings is 1. The lowest BCUT2D eigenvalue weighted by Crippen LogP contribution is -2.55. The standard InChI is InChI=1S/C23H37N7O2/c1-15-18(16(2)30-14-26-20(21(24)32)22(30)27-15)7-8-19(31)25-13-23(3,4)29-11-9-17(10-12-29)28(5)6/h14,17H,7-13H2,1-6H3,(H2,24,32)(H,25,31). The van der Waals surface area contributed by atoms with Crippen LogP contribution in [0.4, 0.5) is 0 Å². The Labute approximate surface area is 190 Å². The fraction of sp³-hybridized carbons (Fsp3) is 0.652. The summed E-state index contributed by atoms with van der Waals surface area (Å²) in [5, 5.41) is 3.13. The number of imidazole rings is 1. The number of primary amides is 1. The summed E-state index contributed by atoms with van der Waals surface area (Å²) in [7, 11) is 4.29. The SMILES string of the molecule is Cc1nc2c(C(N)=O)ncn2c(C)c1CCC(=O)NCC(C)(C)N1CCC(N(C)C)CC1. The van der Waals surface area contributed by atoms with Gasteiger partial charge < -0.3 is 16.0 Å². The van der Waals surface area contributed by atoms with Gasteiger partial charge in [-0.05, 0) is 66.6 Å². The van der Waals surface area contributed by atoms with E-state index in [1.807, 2.05) is 13.8 Å². The zero-order chi connectivity index (χ0) is 23.6. The molecule has 0 spiro atoms. The molecule has 0 aromatic carbocycles. The van der Waals surface area contributed by atoms with Gasteiger partial charge in [0.15, 0.2) is 11.3 Å². The fourth-order valence-corrected chi connectivity index (χ4v) is 4.60. The van der Waals surface area contributed by atoms with Crippen molar-refractivity contribution in [2.45, 2.75) is 65.0 Å². The van der Waals surface area contributed by atoms with E-state index in [0.29, 0.717) is 31.1 Å². The molecule has 3 rings (SSSR count). The van der Waals surface area contributed by atoms with Gasteiger partial charge in [-0.2, -0.15) is 0 Å². The van der Waals surface area contributed by atoms with Crippen molar-refractivity contribution in [2.75, 3.05) is 33.7 Å². The highest BCUT2D eigenvalue weighted by Crippen LogP contribution is 2.22. The molecule has 0 unspecified atom stereocenters. The quantitative estimate of drug-likeness (QED) is 0.637. The third kappa shape index (κ3) is 5.10. The Morgan fingerprint density at radius 1 is 1.25 bits per heavy atom. The average molecular weight is 444 g/mol. The van der Waals surface area contributed by atoms with Crippen molar-refractivity contribution < 1.29 is 9.59 Å². The van der Waals surface area contributed by atoms with Crippen LogP contribution in [-0.2, 0) is 11.2 Å². The van der Waals surface area contributed by atoms with Crippen molar-refractivity contribution >= 4 is 17.5 Å². The molecule has 2 amide bonds. The molecule has 0 radical (unpaired) electrons. The van der Waals surface area contributed by atoms with Gasteiger partial charge in [0, 0.05) is 49.0 Å². The number of aryl methyl sites for hydroxylation is 2. The fourth-order valence-electron chi connectivity index (χ4n) is 4.60. The molecule has 0 bridgehead atoms. The summed E-state index contributed by atoms with van der Waals surface area (Å²) >= 11 is 0. The minimum Gasteiger partial charge on any atom is -0.364 e. The molecule has 9 heteroatoms. The zero-order valence-corrected chi connectivity index (χ0v) is 20.2. The zero-order valence-electron chi connectivity index (χ0n) is 20.2. The van der Waals surface area contributed by atoms with Crippen LogP contribution < -0.4 is 11.1 Å². The van der Waals surface area contributed by atoms with Crippen LogP contribution in [0.3, 0.4) is 0 Å². The monoisotopic (exact) mass is 443 g/mol. The number of carbonyl (C=O) groups is 2. The number of fused-ring (bicyclic) bond motifs is 1. The van der Waals surface area contributed by atoms with Gasteiger partial charge in [-0.25, -0.2) is 9.97 Å². The Morgan fingerprint density at radius 3 is 2.50 bits per heavy atom. The van der Waals surface area contributed by atoms with Crippen LogP contribution in [0.1, 0.15) is 60.5 Å². The Bertz CT molecular complexity index is 988. The summed E-state index contributed by atoms with van der Waals surface area (Å²) in [6.07, 6.45) is 4.83. The third-order valence-corrected chi connectivity index (χ3v) is 6.86. The van der Waals surface area contributed by atoms with Crippen molar-refractivity contribution in [3.8, 4) is 0 Å². The van der Waals surface area contributed by atoms with E-state index in [1.54, 1.807) is 10.7 Å². The number of nitrogens with two attached hydrogens (primary N) is 1. The summed E-state index contributed by atoms with van der Waals surface area (Å²) in [5.41, 5.74) is 8.63. The molecule has 9 nitrogen and oxygen atoms in total. The molecular formula is C23H37N7O2. The minimum atomic E-state index is -0.598. The Kier molecular flexibility index (Phi) is 7.19. The van der Waals surface area contributed by atoms with Crippen LogP contribution >= 0.6 is 0 Å². The Balaban J connectivity index is 1.57. The molecule has 32 heavy (non-hydrogen) atoms. The van der Waals surface area contributed by atoms with Crippen LogP contribution in [0.5, 0.6) is 0 Å². The Hall–Kier alpha value is -2.52. The number of amides is 2. The van der Waals surface area contributed by atoms with Gasteiger partial charge in [-0.15, -0.1) is 0 Å². The lowest BCUT2D eigenvalue weighted by molar-refractivity contribution is -0.121. The highest BCUT2D eigenvalue weighted by molar-refractivity contribution is 5.96. The third-order valence-electron chi connectivity index (χ3n) is 6.86. The number of nitrogens with zero attached hydrogens (tertiary/aromatic N) is 5. The lowest BCUT2D eigenvalue weighted by Gasteiger charge is -2.44. The van der Waals surface area contributed by atoms with E-state index in [2.05, 4.69) is 53.0 Å². The smallest absolute Gasteiger partial charge is 0.271 e. The molecule has 1 aliphatic heterocycles. The summed E-state index contributed by atoms with van der Waals surface area (Å²) in [6, 6.07) is 0.642. The molecule has 1 fully saturated rings. The van der Waals surface area contributed by atoms with Crippen LogP contribution in [0.2, 0.25) is 0 Å². The molecular weight excluding hydrogens is 406 g/mol. The molecule has 0 saturated carbocycles. The van der Waals surface area contributed by atoms with E-state index < -0.39 is 5.91 Å². The highest BCUT2D eigenvalue weighted by Gasteiger charge is 2.31. The molecule has 2 aromatic heterocycles. The maximum absolute atomic E-state index is 12.6. The largest absolute Gasteiger partial charge is 0.364 e. The summed E-state index contributed by atoms with van der Waals surface area (Å²) in [6.45, 7) is 11.0. The first kappa shape index (κ1) is 24.1. The van der Waals surface area contributed by atoms with Crippen LogP contribution in [-0.4, -0.2) is 81.3 Å². The number of aromatic nitrogens is 3. The van der Waals surface area contributed by atoms with Crippen molar-refractivity contribution in [3.05, 3.63) is 29.0 Å². The summed E-state index contributed by atoms with van der Waals surface area (Å²) in [5.74, 6) is -0.567. The van der Waals surface area contributed by atoms with E-state index in [-0.39, 0.29) is 17.1 Å². The number of hydrogen-bond acceptors (Lipinski definition) is 6. The summed E-state index contributed by atoms with van der Waals surface area (Å²) < 4.78 is 1.76. The van der Waals surface area contributed by atoms with Crippen LogP contribution in [0.15, 0.2) is 6.33 Å². The molecule has 1 aliphatic rings. The molecule has 2 aromatic rings. The van der Waals surface area contributed by atoms with E-state index in [4.69, 9.17) is 5.73 Å². The first-order valence-electron chi connectivity index (χ1n) is 11.3. The van der Waals surface area contributed by atoms with Gasteiger partial charge in [0.25, 0.3) is 5.91 Å². The molecule has 3 heterocycles. The van der Waals surface area contributed by atoms with Gasteiger partial charge in [0.2, 0.25) is 5.91 Å². The first-order valence-corrected chi connectivity index (χ1v) is 11.3. The van der Waals surface area contributed by atoms with Gasteiger partial charge >= 0.3 is 0 Å². The molecule has 176 valence electrons. The highest BCUT2D eigenvalue weighted by atomic mass is 16.2. The second kappa shape index (κ2) is 9.54. The predicted molar refractivity (Wildman–Crippen MR) is 125 cm³/mol. The first-order chi connectivity index (χ1) is 15.0. The summed E-state index contributed by atoms with van der Waals surface area (Å²) in [4.78, 5) is 37.6. The van der Waals surface area contributed by atoms with E-state index in [9.17, 15) is 9.59 Å². The van der Waals surface area contributed by atoms with Gasteiger partial charge in [0.1, 0.15) is 6.33 Å². The maximum Gasteiger partial charge on any atom is 0.271 e. The minimum absolute atomic E-state index is 0.0311. The average Bonchev–Trinajstić information content (AvgIpc) is 3.16. The van der Waals surface area contributed by atoms with E-state index >= 15 is 0 Å². The van der Waals surface area contributed by atoms with Crippen LogP contribution in [0, 0.1) is 13.8 Å². The molecule has 0 atom stereocenters. The normalized spacial score (nSPS) is 16.1. The lowest BCUT2D eigenvalue weighted by atomic mass is 9.95. The number of likely N-dealkylation sites (tertiary alicyclic amines) is 1. The van der Waals surface area contributed by atoms with Crippen LogP contribution in [0.25, 0.3) is 5.65 Å². The van der Waals surface area contributed by atoms with Crippen molar-refractivity contribution in [2.24, 2.45) is 5.73 Å². The van der Waals surface area contributed by atoms with Crippen molar-refractivity contribution in [3.63, 3.8) is 0 Å². The molecule has 1 saturated heterocycles. The van der Waals surface area contributed by atoms with E-state index in [1.165, 1.54) is 0 Å². The van der Waals surface area contributed by atoms with Gasteiger partial charge in [0.05, 0.1) is 0 Å². The molecule has 0 aliphatic carbocycles. The Morgan fingerprint density at radius 2 is 1.91 bits per heavy atom. The number of nitrogens with one attached hydrogen (secondary N) is 1. The van der Waals surface area contributed by atoms with Gasteiger partial charge in [-0.3, -0.25) is 18.9 Å². The number of rotatable bonds is 8. The predicted octanol–water partition coefficient (Wildman–Crippen LogP) is 1.30. The molecule has 3 N–H and O–H groups in total. The second-order valence-corrected chi connectivity index (χ2v) is 9.68. The van der Waals surface area contributed by atoms with Crippen molar-refractivity contribution in [1.82, 2.24) is 29.5 Å².